The van der Waals surface area contributed by atoms with Crippen molar-refractivity contribution in [2.75, 3.05) is 12.4 Å². The molecule has 0 radical (unpaired) electrons. The highest BCUT2D eigenvalue weighted by Crippen LogP contribution is 2.53. The van der Waals surface area contributed by atoms with Gasteiger partial charge in [0.25, 0.3) is 5.69 Å². The molecular weight excluding hydrogens is 340 g/mol. The van der Waals surface area contributed by atoms with Gasteiger partial charge in [-0.15, -0.1) is 0 Å². The number of nitro groups is 1. The molecule has 2 aliphatic rings. The molecule has 2 aromatic rings. The molecule has 1 N–H and O–H groups in total. The van der Waals surface area contributed by atoms with E-state index in [-0.39, 0.29) is 22.6 Å². The number of benzene rings is 2. The van der Waals surface area contributed by atoms with Gasteiger partial charge >= 0.3 is 0 Å². The molecule has 0 aromatic heterocycles. The number of ether oxygens (including phenoxy) is 1. The smallest absolute Gasteiger partial charge is 0.273 e. The van der Waals surface area contributed by atoms with Crippen molar-refractivity contribution in [1.29, 1.82) is 0 Å². The number of nitrogens with zero attached hydrogens (tertiary/aromatic N) is 1. The fourth-order valence-corrected chi connectivity index (χ4v) is 4.04. The van der Waals surface area contributed by atoms with Crippen LogP contribution in [0.3, 0.4) is 0 Å². The standard InChI is InChI=1S/C19H17ClN2O3/c1-25-17-10-13(22(23)24)9-16-14-3-2-4-15(14)18(21-19(16)17)11-5-7-12(20)8-6-11/h2-3,5-10,14-15,18,21H,4H2,1H3. The molecule has 1 aliphatic heterocycles. The monoisotopic (exact) mass is 356 g/mol. The van der Waals surface area contributed by atoms with E-state index in [1.165, 1.54) is 13.2 Å². The highest BCUT2D eigenvalue weighted by molar-refractivity contribution is 6.30. The predicted molar refractivity (Wildman–Crippen MR) is 97.5 cm³/mol. The van der Waals surface area contributed by atoms with Crippen molar-refractivity contribution in [2.24, 2.45) is 5.92 Å². The Hall–Kier alpha value is -2.53. The van der Waals surface area contributed by atoms with Crippen LogP contribution in [0.5, 0.6) is 5.75 Å². The lowest BCUT2D eigenvalue weighted by Gasteiger charge is -2.38. The molecule has 0 bridgehead atoms. The van der Waals surface area contributed by atoms with Crippen molar-refractivity contribution in [3.63, 3.8) is 0 Å². The van der Waals surface area contributed by atoms with Gasteiger partial charge in [-0.1, -0.05) is 35.9 Å². The van der Waals surface area contributed by atoms with Gasteiger partial charge in [0.15, 0.2) is 0 Å². The van der Waals surface area contributed by atoms with Crippen LogP contribution >= 0.6 is 11.6 Å². The van der Waals surface area contributed by atoms with E-state index in [4.69, 9.17) is 16.3 Å². The van der Waals surface area contributed by atoms with Gasteiger partial charge in [0.1, 0.15) is 5.75 Å². The Labute approximate surface area is 150 Å². The summed E-state index contributed by atoms with van der Waals surface area (Å²) < 4.78 is 5.44. The number of allylic oxidation sites excluding steroid dienone is 2. The molecule has 2 aromatic carbocycles. The largest absolute Gasteiger partial charge is 0.494 e. The van der Waals surface area contributed by atoms with E-state index in [0.717, 1.165) is 23.2 Å². The van der Waals surface area contributed by atoms with Crippen LogP contribution in [0.2, 0.25) is 5.02 Å². The molecular formula is C19H17ClN2O3. The number of methoxy groups -OCH3 is 1. The number of rotatable bonds is 3. The SMILES string of the molecule is COc1cc([N+](=O)[O-])cc2c1NC(c1ccc(Cl)cc1)C1CC=CC21. The highest BCUT2D eigenvalue weighted by Gasteiger charge is 2.40. The van der Waals surface area contributed by atoms with Gasteiger partial charge in [-0.25, -0.2) is 0 Å². The van der Waals surface area contributed by atoms with E-state index in [2.05, 4.69) is 17.5 Å². The van der Waals surface area contributed by atoms with E-state index in [9.17, 15) is 10.1 Å². The molecule has 3 unspecified atom stereocenters. The van der Waals surface area contributed by atoms with Gasteiger partial charge in [-0.2, -0.15) is 0 Å². The first kappa shape index (κ1) is 16.0. The number of anilines is 1. The summed E-state index contributed by atoms with van der Waals surface area (Å²) >= 11 is 6.02. The van der Waals surface area contributed by atoms with Crippen molar-refractivity contribution in [1.82, 2.24) is 0 Å². The summed E-state index contributed by atoms with van der Waals surface area (Å²) in [5, 5.41) is 15.5. The molecule has 0 saturated carbocycles. The minimum atomic E-state index is -0.373. The maximum Gasteiger partial charge on any atom is 0.273 e. The molecule has 0 saturated heterocycles. The van der Waals surface area contributed by atoms with Gasteiger partial charge in [0, 0.05) is 17.0 Å². The van der Waals surface area contributed by atoms with E-state index in [1.807, 2.05) is 24.3 Å². The van der Waals surface area contributed by atoms with Crippen LogP contribution in [0.4, 0.5) is 11.4 Å². The Bertz CT molecular complexity index is 864. The van der Waals surface area contributed by atoms with Gasteiger partial charge in [-0.3, -0.25) is 10.1 Å². The zero-order valence-corrected chi connectivity index (χ0v) is 14.4. The first-order chi connectivity index (χ1) is 12.1. The summed E-state index contributed by atoms with van der Waals surface area (Å²) in [6, 6.07) is 11.1. The lowest BCUT2D eigenvalue weighted by molar-refractivity contribution is -0.385. The Morgan fingerprint density at radius 1 is 1.28 bits per heavy atom. The van der Waals surface area contributed by atoms with Crippen LogP contribution < -0.4 is 10.1 Å². The van der Waals surface area contributed by atoms with Crippen molar-refractivity contribution < 1.29 is 9.66 Å². The molecule has 0 fully saturated rings. The van der Waals surface area contributed by atoms with Crippen molar-refractivity contribution in [2.45, 2.75) is 18.4 Å². The Balaban J connectivity index is 1.84. The van der Waals surface area contributed by atoms with Crippen LogP contribution in [0.1, 0.15) is 29.5 Å². The average molecular weight is 357 g/mol. The fraction of sp³-hybridized carbons (Fsp3) is 0.263. The van der Waals surface area contributed by atoms with Crippen LogP contribution in [-0.4, -0.2) is 12.0 Å². The molecule has 6 heteroatoms. The second-order valence-electron chi connectivity index (χ2n) is 6.40. The lowest BCUT2D eigenvalue weighted by Crippen LogP contribution is -2.29. The van der Waals surface area contributed by atoms with Crippen molar-refractivity contribution in [3.8, 4) is 5.75 Å². The quantitative estimate of drug-likeness (QED) is 0.473. The fourth-order valence-electron chi connectivity index (χ4n) is 3.92. The van der Waals surface area contributed by atoms with Gasteiger partial charge in [0.2, 0.25) is 0 Å². The number of halogens is 1. The molecule has 128 valence electrons. The average Bonchev–Trinajstić information content (AvgIpc) is 3.10. The number of hydrogen-bond donors (Lipinski definition) is 1. The first-order valence-corrected chi connectivity index (χ1v) is 8.51. The predicted octanol–water partition coefficient (Wildman–Crippen LogP) is 5.08. The van der Waals surface area contributed by atoms with Gasteiger partial charge in [0.05, 0.1) is 29.8 Å². The summed E-state index contributed by atoms with van der Waals surface area (Å²) in [5.41, 5.74) is 2.96. The minimum Gasteiger partial charge on any atom is -0.494 e. The lowest BCUT2D eigenvalue weighted by atomic mass is 9.76. The molecule has 0 amide bonds. The van der Waals surface area contributed by atoms with Crippen molar-refractivity contribution in [3.05, 3.63) is 74.8 Å². The third-order valence-electron chi connectivity index (χ3n) is 5.08. The van der Waals surface area contributed by atoms with Crippen LogP contribution in [0, 0.1) is 16.0 Å². The summed E-state index contributed by atoms with van der Waals surface area (Å²) in [5.74, 6) is 0.938. The number of fused-ring (bicyclic) bond motifs is 3. The summed E-state index contributed by atoms with van der Waals surface area (Å²) in [6.45, 7) is 0. The Kier molecular flexibility index (Phi) is 3.88. The summed E-state index contributed by atoms with van der Waals surface area (Å²) in [4.78, 5) is 10.9. The van der Waals surface area contributed by atoms with E-state index >= 15 is 0 Å². The summed E-state index contributed by atoms with van der Waals surface area (Å²) in [7, 11) is 1.54. The van der Waals surface area contributed by atoms with Gasteiger partial charge in [-0.05, 0) is 35.6 Å². The molecule has 5 nitrogen and oxygen atoms in total. The second-order valence-corrected chi connectivity index (χ2v) is 6.83. The number of nitrogens with one attached hydrogen (secondary N) is 1. The zero-order valence-electron chi connectivity index (χ0n) is 13.6. The summed E-state index contributed by atoms with van der Waals surface area (Å²) in [6.07, 6.45) is 5.23. The van der Waals surface area contributed by atoms with Crippen LogP contribution in [0.25, 0.3) is 0 Å². The first-order valence-electron chi connectivity index (χ1n) is 8.13. The number of nitro benzene ring substituents is 1. The van der Waals surface area contributed by atoms with E-state index in [1.54, 1.807) is 6.07 Å². The van der Waals surface area contributed by atoms with E-state index < -0.39 is 0 Å². The minimum absolute atomic E-state index is 0.0568. The Morgan fingerprint density at radius 3 is 2.72 bits per heavy atom. The molecule has 4 rings (SSSR count). The number of hydrogen-bond acceptors (Lipinski definition) is 4. The van der Waals surface area contributed by atoms with Gasteiger partial charge < -0.3 is 10.1 Å². The number of non-ortho nitro benzene ring substituents is 1. The van der Waals surface area contributed by atoms with Crippen molar-refractivity contribution >= 4 is 23.0 Å². The molecule has 0 spiro atoms. The zero-order chi connectivity index (χ0) is 17.6. The topological polar surface area (TPSA) is 64.4 Å². The molecule has 1 heterocycles. The molecule has 25 heavy (non-hydrogen) atoms. The van der Waals surface area contributed by atoms with Crippen LogP contribution in [-0.2, 0) is 0 Å². The highest BCUT2D eigenvalue weighted by atomic mass is 35.5. The normalized spacial score (nSPS) is 23.5. The molecule has 1 aliphatic carbocycles. The maximum atomic E-state index is 11.3. The third-order valence-corrected chi connectivity index (χ3v) is 5.33. The van der Waals surface area contributed by atoms with E-state index in [0.29, 0.717) is 16.7 Å². The molecule has 3 atom stereocenters. The third kappa shape index (κ3) is 2.65. The van der Waals surface area contributed by atoms with Crippen LogP contribution in [0.15, 0.2) is 48.6 Å². The maximum absolute atomic E-state index is 11.3. The second kappa shape index (κ2) is 6.08. The Morgan fingerprint density at radius 2 is 2.04 bits per heavy atom.